The zero-order valence-electron chi connectivity index (χ0n) is 13.1. The molecule has 1 aliphatic rings. The van der Waals surface area contributed by atoms with Crippen LogP contribution >= 0.6 is 0 Å². The molecular formula is C18H16N2O4. The van der Waals surface area contributed by atoms with Gasteiger partial charge < -0.3 is 14.7 Å². The van der Waals surface area contributed by atoms with Crippen molar-refractivity contribution in [2.75, 3.05) is 12.0 Å². The van der Waals surface area contributed by atoms with E-state index < -0.39 is 5.97 Å². The third kappa shape index (κ3) is 2.86. The number of nitrogens with zero attached hydrogens (tertiary/aromatic N) is 2. The first kappa shape index (κ1) is 15.7. The minimum Gasteiger partial charge on any atom is -0.507 e. The maximum Gasteiger partial charge on any atom is 0.338 e. The summed E-state index contributed by atoms with van der Waals surface area (Å²) >= 11 is 0. The highest BCUT2D eigenvalue weighted by Gasteiger charge is 2.31. The van der Waals surface area contributed by atoms with E-state index in [1.54, 1.807) is 36.5 Å². The van der Waals surface area contributed by atoms with Gasteiger partial charge in [-0.05, 0) is 24.3 Å². The molecule has 0 bridgehead atoms. The molecule has 2 heterocycles. The number of ether oxygens (including phenoxy) is 1. The predicted molar refractivity (Wildman–Crippen MR) is 88.1 cm³/mol. The fourth-order valence-electron chi connectivity index (χ4n) is 2.66. The maximum absolute atomic E-state index is 12.7. The number of aromatic nitrogens is 1. The fourth-order valence-corrected chi connectivity index (χ4v) is 2.66. The van der Waals surface area contributed by atoms with Gasteiger partial charge in [0.1, 0.15) is 5.76 Å². The number of esters is 1. The first-order valence-electron chi connectivity index (χ1n) is 7.42. The molecule has 0 unspecified atom stereocenters. The van der Waals surface area contributed by atoms with Gasteiger partial charge in [0.2, 0.25) is 5.91 Å². The van der Waals surface area contributed by atoms with Gasteiger partial charge >= 0.3 is 5.97 Å². The number of hydrogen-bond donors (Lipinski definition) is 1. The van der Waals surface area contributed by atoms with E-state index in [4.69, 9.17) is 4.74 Å². The van der Waals surface area contributed by atoms with E-state index in [-0.39, 0.29) is 30.2 Å². The quantitative estimate of drug-likeness (QED) is 0.877. The molecule has 0 saturated heterocycles. The van der Waals surface area contributed by atoms with E-state index >= 15 is 0 Å². The van der Waals surface area contributed by atoms with Crippen molar-refractivity contribution in [1.29, 1.82) is 0 Å². The predicted octanol–water partition coefficient (Wildman–Crippen LogP) is 2.46. The zero-order chi connectivity index (χ0) is 17.1. The van der Waals surface area contributed by atoms with Crippen molar-refractivity contribution < 1.29 is 19.4 Å². The molecule has 0 spiro atoms. The molecule has 6 nitrogen and oxygen atoms in total. The van der Waals surface area contributed by atoms with Crippen LogP contribution in [-0.2, 0) is 20.9 Å². The molecular weight excluding hydrogens is 308 g/mol. The smallest absolute Gasteiger partial charge is 0.338 e. The summed E-state index contributed by atoms with van der Waals surface area (Å²) in [5.41, 5.74) is 1.62. The van der Waals surface area contributed by atoms with Crippen LogP contribution in [0.5, 0.6) is 0 Å². The molecule has 0 aliphatic carbocycles. The van der Waals surface area contributed by atoms with Crippen molar-refractivity contribution in [2.24, 2.45) is 0 Å². The van der Waals surface area contributed by atoms with Gasteiger partial charge in [-0.1, -0.05) is 18.2 Å². The van der Waals surface area contributed by atoms with Crippen LogP contribution in [0, 0.1) is 0 Å². The number of methoxy groups -OCH3 is 1. The second kappa shape index (κ2) is 6.54. The van der Waals surface area contributed by atoms with Gasteiger partial charge in [-0.15, -0.1) is 0 Å². The molecule has 24 heavy (non-hydrogen) atoms. The monoisotopic (exact) mass is 324 g/mol. The third-order valence-corrected chi connectivity index (χ3v) is 3.84. The van der Waals surface area contributed by atoms with Crippen molar-refractivity contribution in [2.45, 2.75) is 13.0 Å². The Kier molecular flexibility index (Phi) is 4.29. The second-order valence-corrected chi connectivity index (χ2v) is 5.31. The largest absolute Gasteiger partial charge is 0.507 e. The standard InChI is InChI=1S/C18H16N2O4/c1-24-18(23)14-10-16(21)20(11-12-6-4-5-9-19-12)15-8-3-2-7-13(15)17(14)22/h2-9,22H,10-11H2,1H3. The number of para-hydroxylation sites is 1. The van der Waals surface area contributed by atoms with Gasteiger partial charge in [0.05, 0.1) is 37.0 Å². The maximum atomic E-state index is 12.7. The van der Waals surface area contributed by atoms with E-state index in [9.17, 15) is 14.7 Å². The number of carbonyl (C=O) groups excluding carboxylic acids is 2. The molecule has 0 radical (unpaired) electrons. The number of amides is 1. The number of hydrogen-bond acceptors (Lipinski definition) is 5. The van der Waals surface area contributed by atoms with Gasteiger partial charge in [0, 0.05) is 11.8 Å². The molecule has 1 aromatic heterocycles. The van der Waals surface area contributed by atoms with E-state index in [0.29, 0.717) is 16.9 Å². The number of aliphatic hydroxyl groups is 1. The molecule has 1 aliphatic heterocycles. The lowest BCUT2D eigenvalue weighted by atomic mass is 10.1. The molecule has 1 amide bonds. The van der Waals surface area contributed by atoms with Crippen LogP contribution in [0.3, 0.4) is 0 Å². The van der Waals surface area contributed by atoms with Crippen LogP contribution in [0.25, 0.3) is 5.76 Å². The number of benzene rings is 1. The number of anilines is 1. The minimum atomic E-state index is -0.713. The minimum absolute atomic E-state index is 0.0431. The highest BCUT2D eigenvalue weighted by Crippen LogP contribution is 2.34. The van der Waals surface area contributed by atoms with Crippen molar-refractivity contribution in [3.05, 3.63) is 65.5 Å². The second-order valence-electron chi connectivity index (χ2n) is 5.31. The van der Waals surface area contributed by atoms with Crippen molar-refractivity contribution in [1.82, 2.24) is 4.98 Å². The number of pyridine rings is 1. The molecule has 0 saturated carbocycles. The summed E-state index contributed by atoms with van der Waals surface area (Å²) in [6.45, 7) is 0.248. The number of carbonyl (C=O) groups is 2. The highest BCUT2D eigenvalue weighted by molar-refractivity contribution is 6.09. The molecule has 0 fully saturated rings. The van der Waals surface area contributed by atoms with Gasteiger partial charge in [-0.3, -0.25) is 9.78 Å². The first-order chi connectivity index (χ1) is 11.6. The molecule has 122 valence electrons. The van der Waals surface area contributed by atoms with E-state index in [1.807, 2.05) is 12.1 Å². The Bertz CT molecular complexity index is 815. The summed E-state index contributed by atoms with van der Waals surface area (Å²) in [6, 6.07) is 12.3. The van der Waals surface area contributed by atoms with Crippen LogP contribution in [0.2, 0.25) is 0 Å². The number of aliphatic hydroxyl groups excluding tert-OH is 1. The lowest BCUT2D eigenvalue weighted by Crippen LogP contribution is -2.31. The average molecular weight is 324 g/mol. The van der Waals surface area contributed by atoms with Gasteiger partial charge in [-0.25, -0.2) is 4.79 Å². The summed E-state index contributed by atoms with van der Waals surface area (Å²) in [7, 11) is 1.22. The Morgan fingerprint density at radius 1 is 1.25 bits per heavy atom. The Labute approximate surface area is 139 Å². The lowest BCUT2D eigenvalue weighted by molar-refractivity contribution is -0.137. The Hall–Kier alpha value is -3.15. The van der Waals surface area contributed by atoms with Crippen LogP contribution in [-0.4, -0.2) is 29.1 Å². The zero-order valence-corrected chi connectivity index (χ0v) is 13.1. The van der Waals surface area contributed by atoms with Crippen molar-refractivity contribution in [3.8, 4) is 0 Å². The molecule has 0 atom stereocenters. The summed E-state index contributed by atoms with van der Waals surface area (Å²) in [4.78, 5) is 30.4. The molecule has 2 aromatic rings. The van der Waals surface area contributed by atoms with Gasteiger partial charge in [0.25, 0.3) is 0 Å². The van der Waals surface area contributed by atoms with Crippen LogP contribution in [0.1, 0.15) is 17.7 Å². The first-order valence-corrected chi connectivity index (χ1v) is 7.42. The number of fused-ring (bicyclic) bond motifs is 1. The van der Waals surface area contributed by atoms with E-state index in [2.05, 4.69) is 4.98 Å². The fraction of sp³-hybridized carbons (Fsp3) is 0.167. The van der Waals surface area contributed by atoms with Crippen molar-refractivity contribution in [3.63, 3.8) is 0 Å². The normalized spacial score (nSPS) is 14.2. The Morgan fingerprint density at radius 3 is 2.71 bits per heavy atom. The summed E-state index contributed by atoms with van der Waals surface area (Å²) in [6.07, 6.45) is 1.42. The average Bonchev–Trinajstić information content (AvgIpc) is 2.72. The summed E-state index contributed by atoms with van der Waals surface area (Å²) in [5, 5.41) is 10.5. The topological polar surface area (TPSA) is 79.7 Å². The number of rotatable bonds is 3. The Morgan fingerprint density at radius 2 is 2.00 bits per heavy atom. The summed E-state index contributed by atoms with van der Waals surface area (Å²) < 4.78 is 4.69. The molecule has 1 aromatic carbocycles. The van der Waals surface area contributed by atoms with Crippen LogP contribution < -0.4 is 4.90 Å². The molecule has 6 heteroatoms. The van der Waals surface area contributed by atoms with Crippen molar-refractivity contribution >= 4 is 23.3 Å². The van der Waals surface area contributed by atoms with Crippen LogP contribution in [0.4, 0.5) is 5.69 Å². The highest BCUT2D eigenvalue weighted by atomic mass is 16.5. The Balaban J connectivity index is 2.08. The lowest BCUT2D eigenvalue weighted by Gasteiger charge is -2.22. The molecule has 3 rings (SSSR count). The van der Waals surface area contributed by atoms with Crippen LogP contribution in [0.15, 0.2) is 54.2 Å². The van der Waals surface area contributed by atoms with Gasteiger partial charge in [-0.2, -0.15) is 0 Å². The SMILES string of the molecule is COC(=O)C1=C(O)c2ccccc2N(Cc2ccccn2)C(=O)C1. The van der Waals surface area contributed by atoms with E-state index in [1.165, 1.54) is 12.0 Å². The summed E-state index contributed by atoms with van der Waals surface area (Å²) in [5.74, 6) is -1.25. The molecule has 1 N–H and O–H groups in total. The van der Waals surface area contributed by atoms with Gasteiger partial charge in [0.15, 0.2) is 0 Å². The third-order valence-electron chi connectivity index (χ3n) is 3.84. The van der Waals surface area contributed by atoms with E-state index in [0.717, 1.165) is 0 Å².